The van der Waals surface area contributed by atoms with Gasteiger partial charge in [0.2, 0.25) is 5.91 Å². The van der Waals surface area contributed by atoms with E-state index >= 15 is 0 Å². The number of benzene rings is 7. The first-order valence-corrected chi connectivity index (χ1v) is 34.7. The average Bonchev–Trinajstić information content (AvgIpc) is 1.70. The van der Waals surface area contributed by atoms with Crippen LogP contribution in [-0.2, 0) is 61.8 Å². The molecule has 11 rings (SSSR count). The van der Waals surface area contributed by atoms with Crippen molar-refractivity contribution in [2.75, 3.05) is 119 Å². The first-order valence-electron chi connectivity index (χ1n) is 34.7. The largest absolute Gasteiger partial charge is 0.446 e. The van der Waals surface area contributed by atoms with Gasteiger partial charge in [-0.2, -0.15) is 26.3 Å². The zero-order valence-electron chi connectivity index (χ0n) is 57.9. The summed E-state index contributed by atoms with van der Waals surface area (Å²) in [6, 6.07) is 47.3. The van der Waals surface area contributed by atoms with Crippen LogP contribution in [0.25, 0.3) is 11.1 Å². The van der Waals surface area contributed by atoms with E-state index < -0.39 is 64.6 Å². The zero-order valence-corrected chi connectivity index (χ0v) is 57.9. The molecule has 1 N–H and O–H groups in total. The number of alkyl halides is 6. The Balaban J connectivity index is 0.587. The Kier molecular flexibility index (Phi) is 23.7. The third-order valence-electron chi connectivity index (χ3n) is 20.5. The highest BCUT2D eigenvalue weighted by Crippen LogP contribution is 2.49. The van der Waals surface area contributed by atoms with Gasteiger partial charge < -0.3 is 48.5 Å². The fraction of sp³-hybridized carbons (Fsp3) is 0.405. The highest BCUT2D eigenvalue weighted by Gasteiger charge is 2.50. The van der Waals surface area contributed by atoms with Crippen molar-refractivity contribution in [3.8, 4) is 11.1 Å². The van der Waals surface area contributed by atoms with Crippen LogP contribution in [0.3, 0.4) is 0 Å². The molecule has 1 spiro atoms. The lowest BCUT2D eigenvalue weighted by Gasteiger charge is -2.44. The number of amides is 5. The molecule has 2 atom stereocenters. The van der Waals surface area contributed by atoms with Crippen molar-refractivity contribution < 1.29 is 68.9 Å². The number of hydrogen-bond donors (Lipinski definition) is 1. The molecule has 3 fully saturated rings. The van der Waals surface area contributed by atoms with E-state index in [0.717, 1.165) is 64.3 Å². The zero-order chi connectivity index (χ0) is 72.3. The minimum absolute atomic E-state index is 0.0280. The average molecular weight is 1410 g/mol. The summed E-state index contributed by atoms with van der Waals surface area (Å²) in [5.74, 6) is -1.98. The highest BCUT2D eigenvalue weighted by atomic mass is 19.4. The molecular formula is C79H87F7N8O8. The van der Waals surface area contributed by atoms with Crippen molar-refractivity contribution in [3.63, 3.8) is 0 Å². The van der Waals surface area contributed by atoms with E-state index in [1.54, 1.807) is 28.8 Å². The fourth-order valence-corrected chi connectivity index (χ4v) is 14.5. The first kappa shape index (κ1) is 74.2. The Labute approximate surface area is 590 Å². The SMILES string of the molecule is CN(CCc1ccc(C(=O)N(C)CCCN(C)C(=O)CO[C@H]2Cc3ccccc3C23CCN(CC[C@@]2(c4ccc(F)cc4)CN(C(=O)c4cc(C(F)(F)F)cc(C(F)(F)F)c4)CO2)CC3)cc1)Cc1cccc(C(=O)N(C)CCN2CCC(OC(=O)Nc3ccccc3-c3ccccc3)CC2)c1. The maximum Gasteiger partial charge on any atom is 0.416 e. The molecule has 3 heterocycles. The van der Waals surface area contributed by atoms with Crippen LogP contribution in [0.5, 0.6) is 0 Å². The Hall–Kier alpha value is -9.00. The Morgan fingerprint density at radius 3 is 1.96 bits per heavy atom. The van der Waals surface area contributed by atoms with Gasteiger partial charge in [-0.3, -0.25) is 24.5 Å². The van der Waals surface area contributed by atoms with Crippen molar-refractivity contribution in [2.45, 2.75) is 93.5 Å². The van der Waals surface area contributed by atoms with E-state index in [1.807, 2.05) is 129 Å². The van der Waals surface area contributed by atoms with E-state index in [-0.39, 0.29) is 55.6 Å². The van der Waals surface area contributed by atoms with Gasteiger partial charge in [-0.15, -0.1) is 0 Å². The van der Waals surface area contributed by atoms with Gasteiger partial charge in [0.1, 0.15) is 30.9 Å². The molecule has 0 unspecified atom stereocenters. The van der Waals surface area contributed by atoms with Crippen LogP contribution < -0.4 is 5.32 Å². The number of hydrogen-bond acceptors (Lipinski definition) is 11. The summed E-state index contributed by atoms with van der Waals surface area (Å²) in [4.78, 5) is 80.5. The summed E-state index contributed by atoms with van der Waals surface area (Å²) in [7, 11) is 7.34. The quantitative estimate of drug-likeness (QED) is 0.0545. The van der Waals surface area contributed by atoms with Crippen LogP contribution in [0, 0.1) is 5.82 Å². The summed E-state index contributed by atoms with van der Waals surface area (Å²) >= 11 is 0. The van der Waals surface area contributed by atoms with Crippen LogP contribution in [0.1, 0.15) is 109 Å². The predicted octanol–water partition coefficient (Wildman–Crippen LogP) is 13.3. The molecule has 0 aromatic heterocycles. The molecule has 0 saturated carbocycles. The van der Waals surface area contributed by atoms with Gasteiger partial charge in [-0.25, -0.2) is 9.18 Å². The van der Waals surface area contributed by atoms with Crippen LogP contribution >= 0.6 is 0 Å². The molecule has 23 heteroatoms. The third-order valence-corrected chi connectivity index (χ3v) is 20.5. The van der Waals surface area contributed by atoms with Gasteiger partial charge in [0.15, 0.2) is 0 Å². The van der Waals surface area contributed by atoms with Crippen molar-refractivity contribution in [2.24, 2.45) is 0 Å². The van der Waals surface area contributed by atoms with E-state index in [2.05, 4.69) is 32.1 Å². The van der Waals surface area contributed by atoms with Crippen molar-refractivity contribution in [1.82, 2.24) is 34.3 Å². The number of nitrogens with one attached hydrogen (secondary N) is 1. The molecule has 102 heavy (non-hydrogen) atoms. The number of piperidine rings is 2. The summed E-state index contributed by atoms with van der Waals surface area (Å²) in [6.45, 7) is 5.80. The van der Waals surface area contributed by atoms with Crippen molar-refractivity contribution in [1.29, 1.82) is 0 Å². The normalized spacial score (nSPS) is 17.9. The Morgan fingerprint density at radius 1 is 0.618 bits per heavy atom. The van der Waals surface area contributed by atoms with Crippen molar-refractivity contribution >= 4 is 35.4 Å². The lowest BCUT2D eigenvalue weighted by atomic mass is 9.72. The Bertz CT molecular complexity index is 4020. The van der Waals surface area contributed by atoms with Crippen LogP contribution in [0.15, 0.2) is 170 Å². The highest BCUT2D eigenvalue weighted by molar-refractivity contribution is 5.96. The van der Waals surface area contributed by atoms with E-state index in [4.69, 9.17) is 14.2 Å². The summed E-state index contributed by atoms with van der Waals surface area (Å²) in [6.07, 6.45) is -6.37. The van der Waals surface area contributed by atoms with E-state index in [9.17, 15) is 54.7 Å². The predicted molar refractivity (Wildman–Crippen MR) is 374 cm³/mol. The fourth-order valence-electron chi connectivity index (χ4n) is 14.5. The van der Waals surface area contributed by atoms with Gasteiger partial charge in [0.25, 0.3) is 17.7 Å². The molecule has 1 aliphatic carbocycles. The molecular weight excluding hydrogens is 1320 g/mol. The number of likely N-dealkylation sites (tertiary alicyclic amines) is 2. The maximum atomic E-state index is 14.3. The van der Waals surface area contributed by atoms with Gasteiger partial charge in [0, 0.05) is 108 Å². The number of likely N-dealkylation sites (N-methyl/N-ethyl adjacent to an activating group) is 3. The number of para-hydroxylation sites is 1. The van der Waals surface area contributed by atoms with Gasteiger partial charge in [-0.1, -0.05) is 109 Å². The number of carbonyl (C=O) groups excluding carboxylic acids is 5. The number of nitrogens with zero attached hydrogens (tertiary/aromatic N) is 7. The summed E-state index contributed by atoms with van der Waals surface area (Å²) in [5, 5.41) is 2.94. The molecule has 0 bridgehead atoms. The third kappa shape index (κ3) is 18.2. The Morgan fingerprint density at radius 2 is 1.25 bits per heavy atom. The number of ether oxygens (including phenoxy) is 3. The molecule has 3 aliphatic heterocycles. The second kappa shape index (κ2) is 32.5. The standard InChI is InChI=1S/C79H87F7N8O8/c1-88(51-56-14-12-18-60(46-56)73(97)91(4)44-45-92-39-31-66(32-40-92)102-75(99)87-69-21-11-9-19-67(69)57-15-6-5-7-16-57)38-30-55-22-24-58(25-23-55)72(96)90(3)37-13-36-89(2)71(95)52-100-70-49-59-17-8-10-20-68(59)76(70)33-41-93(42-34-76)43-35-77(62-26-28-65(80)29-27-62)53-94(54-101-77)74(98)61-47-63(78(81,82)83)50-64(48-61)79(84,85)86/h5-12,14-29,46-48,50,66,70H,13,30-45,49,51-54H2,1-4H3,(H,87,99)/t70-,77-/m0/s1. The number of rotatable bonds is 25. The molecule has 540 valence electrons. The minimum atomic E-state index is -5.15. The molecule has 3 saturated heterocycles. The van der Waals surface area contributed by atoms with Crippen LogP contribution in [0.2, 0.25) is 0 Å². The summed E-state index contributed by atoms with van der Waals surface area (Å²) < 4.78 is 116. The molecule has 0 radical (unpaired) electrons. The number of carbonyl (C=O) groups is 5. The lowest BCUT2D eigenvalue weighted by molar-refractivity contribution is -0.143. The monoisotopic (exact) mass is 1410 g/mol. The minimum Gasteiger partial charge on any atom is -0.446 e. The molecule has 4 aliphatic rings. The van der Waals surface area contributed by atoms with Gasteiger partial charge >= 0.3 is 18.4 Å². The number of fused-ring (bicyclic) bond motifs is 2. The molecule has 5 amide bonds. The number of halogens is 7. The molecule has 7 aromatic carbocycles. The first-order chi connectivity index (χ1) is 48.8. The maximum absolute atomic E-state index is 14.3. The van der Waals surface area contributed by atoms with Crippen LogP contribution in [-0.4, -0.2) is 190 Å². The second-order valence-electron chi connectivity index (χ2n) is 27.5. The molecule has 16 nitrogen and oxygen atoms in total. The number of anilines is 1. The van der Waals surface area contributed by atoms with Gasteiger partial charge in [-0.05, 0) is 166 Å². The topological polar surface area (TPSA) is 148 Å². The smallest absolute Gasteiger partial charge is 0.416 e. The summed E-state index contributed by atoms with van der Waals surface area (Å²) in [5.41, 5.74) is 3.01. The lowest BCUT2D eigenvalue weighted by Crippen LogP contribution is -2.50. The van der Waals surface area contributed by atoms with E-state index in [0.29, 0.717) is 125 Å². The molecule has 7 aromatic rings. The van der Waals surface area contributed by atoms with Gasteiger partial charge in [0.05, 0.1) is 29.5 Å². The second-order valence-corrected chi connectivity index (χ2v) is 27.5. The van der Waals surface area contributed by atoms with E-state index in [1.165, 1.54) is 24.3 Å². The van der Waals surface area contributed by atoms with Crippen molar-refractivity contribution in [3.05, 3.63) is 231 Å². The van der Waals surface area contributed by atoms with Crippen LogP contribution in [0.4, 0.5) is 41.2 Å².